The smallest absolute Gasteiger partial charge is 0.438 e. The SMILES string of the molecule is C=C(C)C(=O)OCC(CC(F)(F)C(F)(F)C(F)(C(F)(F)F)C(F)(F)F)OCC(F)(F)S(=O)(=O)O. The van der Waals surface area contributed by atoms with Crippen molar-refractivity contribution in [3.8, 4) is 0 Å². The van der Waals surface area contributed by atoms with Crippen molar-refractivity contribution in [3.63, 3.8) is 0 Å². The second-order valence-electron chi connectivity index (χ2n) is 6.56. The Bertz CT molecular complexity index is 848. The van der Waals surface area contributed by atoms with Crippen LogP contribution in [-0.4, -0.2) is 73.4 Å². The molecule has 0 saturated carbocycles. The van der Waals surface area contributed by atoms with Crippen molar-refractivity contribution in [2.75, 3.05) is 13.2 Å². The number of rotatable bonds is 11. The maximum absolute atomic E-state index is 14.0. The molecule has 0 heterocycles. The van der Waals surface area contributed by atoms with Gasteiger partial charge in [0.25, 0.3) is 0 Å². The molecule has 202 valence electrons. The highest BCUT2D eigenvalue weighted by molar-refractivity contribution is 7.86. The number of alkyl halides is 13. The van der Waals surface area contributed by atoms with Gasteiger partial charge in [0.2, 0.25) is 0 Å². The van der Waals surface area contributed by atoms with Crippen molar-refractivity contribution in [2.24, 2.45) is 0 Å². The molecular formula is C14H13F13O6S. The molecule has 0 bridgehead atoms. The largest absolute Gasteiger partial charge is 0.460 e. The van der Waals surface area contributed by atoms with Gasteiger partial charge in [-0.05, 0) is 6.92 Å². The normalized spacial score (nSPS) is 15.7. The van der Waals surface area contributed by atoms with Crippen molar-refractivity contribution < 1.29 is 84.3 Å². The van der Waals surface area contributed by atoms with Gasteiger partial charge in [0.1, 0.15) is 13.2 Å². The molecule has 1 unspecified atom stereocenters. The fraction of sp³-hybridized carbons (Fsp3) is 0.786. The van der Waals surface area contributed by atoms with E-state index in [0.29, 0.717) is 0 Å². The summed E-state index contributed by atoms with van der Waals surface area (Å²) in [5.41, 5.74) is -8.41. The van der Waals surface area contributed by atoms with E-state index in [0.717, 1.165) is 6.92 Å². The summed E-state index contributed by atoms with van der Waals surface area (Å²) in [6, 6.07) is 0. The third-order valence-corrected chi connectivity index (χ3v) is 4.64. The monoisotopic (exact) mass is 556 g/mol. The third-order valence-electron chi connectivity index (χ3n) is 3.77. The van der Waals surface area contributed by atoms with Crippen LogP contribution in [0.4, 0.5) is 57.1 Å². The molecule has 0 aromatic rings. The molecule has 6 nitrogen and oxygen atoms in total. The first-order chi connectivity index (χ1) is 14.7. The molecule has 0 aromatic carbocycles. The average Bonchev–Trinajstić information content (AvgIpc) is 2.59. The van der Waals surface area contributed by atoms with Crippen LogP contribution in [0.5, 0.6) is 0 Å². The van der Waals surface area contributed by atoms with E-state index in [1.54, 1.807) is 0 Å². The van der Waals surface area contributed by atoms with E-state index >= 15 is 0 Å². The van der Waals surface area contributed by atoms with Crippen LogP contribution in [0.2, 0.25) is 0 Å². The van der Waals surface area contributed by atoms with E-state index in [9.17, 15) is 70.3 Å². The first kappa shape index (κ1) is 32.2. The topological polar surface area (TPSA) is 89.9 Å². The summed E-state index contributed by atoms with van der Waals surface area (Å²) in [4.78, 5) is 11.2. The Labute approximate surface area is 181 Å². The molecule has 0 aliphatic heterocycles. The number of hydrogen-bond donors (Lipinski definition) is 1. The van der Waals surface area contributed by atoms with E-state index in [-0.39, 0.29) is 0 Å². The second kappa shape index (κ2) is 9.67. The van der Waals surface area contributed by atoms with Gasteiger partial charge in [-0.1, -0.05) is 6.58 Å². The molecule has 0 aromatic heterocycles. The van der Waals surface area contributed by atoms with Crippen LogP contribution in [0.1, 0.15) is 13.3 Å². The van der Waals surface area contributed by atoms with Gasteiger partial charge < -0.3 is 9.47 Å². The molecule has 0 fully saturated rings. The van der Waals surface area contributed by atoms with E-state index < -0.39 is 82.5 Å². The van der Waals surface area contributed by atoms with Crippen molar-refractivity contribution in [1.29, 1.82) is 0 Å². The van der Waals surface area contributed by atoms with Crippen molar-refractivity contribution in [2.45, 2.75) is 54.6 Å². The Balaban J connectivity index is 6.26. The molecule has 34 heavy (non-hydrogen) atoms. The lowest BCUT2D eigenvalue weighted by molar-refractivity contribution is -0.428. The van der Waals surface area contributed by atoms with Gasteiger partial charge in [0.05, 0.1) is 6.10 Å². The lowest BCUT2D eigenvalue weighted by Gasteiger charge is -2.40. The van der Waals surface area contributed by atoms with Gasteiger partial charge in [-0.2, -0.15) is 61.1 Å². The van der Waals surface area contributed by atoms with E-state index in [2.05, 4.69) is 16.1 Å². The molecule has 0 rings (SSSR count). The highest BCUT2D eigenvalue weighted by Gasteiger charge is 2.89. The number of ether oxygens (including phenoxy) is 2. The quantitative estimate of drug-likeness (QED) is 0.175. The van der Waals surface area contributed by atoms with Crippen LogP contribution in [0.3, 0.4) is 0 Å². The summed E-state index contributed by atoms with van der Waals surface area (Å²) in [5, 5.41) is -5.36. The molecule has 0 aliphatic rings. The predicted molar refractivity (Wildman–Crippen MR) is 82.5 cm³/mol. The molecule has 0 saturated heterocycles. The fourth-order valence-electron chi connectivity index (χ4n) is 1.93. The Morgan fingerprint density at radius 3 is 1.65 bits per heavy atom. The maximum atomic E-state index is 14.0. The van der Waals surface area contributed by atoms with Crippen LogP contribution in [0, 0.1) is 0 Å². The molecule has 1 atom stereocenters. The molecule has 0 spiro atoms. The summed E-state index contributed by atoms with van der Waals surface area (Å²) in [6.07, 6.45) is -21.6. The van der Waals surface area contributed by atoms with Gasteiger partial charge in [0.15, 0.2) is 0 Å². The summed E-state index contributed by atoms with van der Waals surface area (Å²) < 4.78 is 208. The lowest BCUT2D eigenvalue weighted by atomic mass is 9.88. The fourth-order valence-corrected chi connectivity index (χ4v) is 2.15. The lowest BCUT2D eigenvalue weighted by Crippen LogP contribution is -2.70. The number of halogens is 13. The summed E-state index contributed by atoms with van der Waals surface area (Å²) >= 11 is 0. The van der Waals surface area contributed by atoms with Crippen molar-refractivity contribution in [3.05, 3.63) is 12.2 Å². The highest BCUT2D eigenvalue weighted by atomic mass is 32.2. The summed E-state index contributed by atoms with van der Waals surface area (Å²) in [7, 11) is -6.35. The van der Waals surface area contributed by atoms with Crippen molar-refractivity contribution in [1.82, 2.24) is 0 Å². The number of esters is 1. The minimum absolute atomic E-state index is 0.559. The van der Waals surface area contributed by atoms with Crippen LogP contribution >= 0.6 is 0 Å². The van der Waals surface area contributed by atoms with E-state index in [1.807, 2.05) is 0 Å². The van der Waals surface area contributed by atoms with Crippen LogP contribution < -0.4 is 0 Å². The Morgan fingerprint density at radius 1 is 0.912 bits per heavy atom. The zero-order valence-electron chi connectivity index (χ0n) is 16.2. The van der Waals surface area contributed by atoms with Crippen LogP contribution in [0.15, 0.2) is 12.2 Å². The van der Waals surface area contributed by atoms with Gasteiger partial charge in [-0.3, -0.25) is 4.55 Å². The van der Waals surface area contributed by atoms with Gasteiger partial charge in [0, 0.05) is 12.0 Å². The first-order valence-corrected chi connectivity index (χ1v) is 9.47. The highest BCUT2D eigenvalue weighted by Crippen LogP contribution is 2.60. The zero-order chi connectivity index (χ0) is 27.8. The minimum Gasteiger partial charge on any atom is -0.460 e. The maximum Gasteiger partial charge on any atom is 0.438 e. The summed E-state index contributed by atoms with van der Waals surface area (Å²) in [6.45, 7) is -0.722. The third kappa shape index (κ3) is 6.43. The molecule has 0 radical (unpaired) electrons. The predicted octanol–water partition coefficient (Wildman–Crippen LogP) is 4.47. The Hall–Kier alpha value is -1.83. The first-order valence-electron chi connectivity index (χ1n) is 8.03. The standard InChI is InChI=1S/C14H13F13O6S/c1-6(2)8(28)32-4-7(33-5-10(17,18)34(29,30)31)3-9(15,16)12(20,21)11(19,13(22,23)24)14(25,26)27/h7H,1,3-5H2,2H3,(H,29,30,31). The van der Waals surface area contributed by atoms with E-state index in [1.165, 1.54) is 0 Å². The number of carbonyl (C=O) groups excluding carboxylic acids is 1. The Morgan fingerprint density at radius 2 is 1.32 bits per heavy atom. The summed E-state index contributed by atoms with van der Waals surface area (Å²) in [5.74, 6) is -15.9. The van der Waals surface area contributed by atoms with Gasteiger partial charge >= 0.3 is 51.2 Å². The van der Waals surface area contributed by atoms with Crippen molar-refractivity contribution >= 4 is 16.1 Å². The number of carbonyl (C=O) groups is 1. The molecule has 1 N–H and O–H groups in total. The molecule has 0 aliphatic carbocycles. The van der Waals surface area contributed by atoms with Gasteiger partial charge in [-0.15, -0.1) is 0 Å². The zero-order valence-corrected chi connectivity index (χ0v) is 17.0. The van der Waals surface area contributed by atoms with E-state index in [4.69, 9.17) is 4.55 Å². The minimum atomic E-state index is -7.85. The second-order valence-corrected chi connectivity index (χ2v) is 8.11. The molecule has 0 amide bonds. The molecule has 20 heteroatoms. The van der Waals surface area contributed by atoms with Crippen LogP contribution in [-0.2, 0) is 24.4 Å². The van der Waals surface area contributed by atoms with Gasteiger partial charge in [-0.25, -0.2) is 9.18 Å². The molecular weight excluding hydrogens is 543 g/mol. The Kier molecular flexibility index (Phi) is 9.15. The average molecular weight is 556 g/mol. The number of hydrogen-bond acceptors (Lipinski definition) is 5. The van der Waals surface area contributed by atoms with Crippen LogP contribution in [0.25, 0.3) is 0 Å².